The van der Waals surface area contributed by atoms with Crippen LogP contribution in [-0.2, 0) is 28.6 Å². The van der Waals surface area contributed by atoms with E-state index in [4.69, 9.17) is 14.2 Å². The van der Waals surface area contributed by atoms with Crippen LogP contribution in [0.4, 0.5) is 0 Å². The number of carbonyl (C=O) groups is 3. The molecule has 77 heavy (non-hydrogen) atoms. The molecular weight excluding hydrogens is 949 g/mol. The molecule has 0 rings (SSSR count). The number of hydrogen-bond donors (Lipinski definition) is 0. The smallest absolute Gasteiger partial charge is 0.306 e. The van der Waals surface area contributed by atoms with Gasteiger partial charge in [0.1, 0.15) is 13.2 Å². The highest BCUT2D eigenvalue weighted by Gasteiger charge is 2.19. The van der Waals surface area contributed by atoms with Crippen LogP contribution in [0.25, 0.3) is 0 Å². The number of carbonyl (C=O) groups excluding carboxylic acids is 3. The van der Waals surface area contributed by atoms with Gasteiger partial charge in [0.25, 0.3) is 0 Å². The molecular formula is C71H114O6. The highest BCUT2D eigenvalue weighted by atomic mass is 16.6. The third kappa shape index (κ3) is 62.0. The Morgan fingerprint density at radius 2 is 0.519 bits per heavy atom. The Labute approximate surface area is 474 Å². The third-order valence-electron chi connectivity index (χ3n) is 12.8. The van der Waals surface area contributed by atoms with Crippen LogP contribution in [0.15, 0.2) is 146 Å². The molecule has 1 atom stereocenters. The zero-order chi connectivity index (χ0) is 55.7. The highest BCUT2D eigenvalue weighted by molar-refractivity contribution is 5.71. The summed E-state index contributed by atoms with van der Waals surface area (Å²) in [7, 11) is 0. The average Bonchev–Trinajstić information content (AvgIpc) is 3.43. The quantitative estimate of drug-likeness (QED) is 0.0261. The molecule has 0 aromatic heterocycles. The van der Waals surface area contributed by atoms with Crippen molar-refractivity contribution in [3.8, 4) is 0 Å². The molecule has 0 heterocycles. The minimum absolute atomic E-state index is 0.110. The van der Waals surface area contributed by atoms with Gasteiger partial charge in [-0.2, -0.15) is 0 Å². The van der Waals surface area contributed by atoms with Crippen molar-refractivity contribution in [3.05, 3.63) is 146 Å². The first-order chi connectivity index (χ1) is 38.0. The monoisotopic (exact) mass is 1060 g/mol. The Hall–Kier alpha value is -4.71. The van der Waals surface area contributed by atoms with Crippen LogP contribution < -0.4 is 0 Å². The Bertz CT molecular complexity index is 1700. The van der Waals surface area contributed by atoms with E-state index in [9.17, 15) is 14.4 Å². The lowest BCUT2D eigenvalue weighted by Crippen LogP contribution is -2.30. The molecule has 6 nitrogen and oxygen atoms in total. The number of hydrogen-bond acceptors (Lipinski definition) is 6. The van der Waals surface area contributed by atoms with Gasteiger partial charge in [-0.15, -0.1) is 0 Å². The molecule has 0 bridgehead atoms. The van der Waals surface area contributed by atoms with Crippen LogP contribution >= 0.6 is 0 Å². The van der Waals surface area contributed by atoms with Crippen molar-refractivity contribution < 1.29 is 28.6 Å². The Balaban J connectivity index is 4.47. The molecule has 0 spiro atoms. The molecule has 0 aliphatic rings. The van der Waals surface area contributed by atoms with Gasteiger partial charge in [-0.1, -0.05) is 276 Å². The SMILES string of the molecule is CC/C=C\C/C=C\C/C=C\C/C=C\C/C=C\C/C=C\C/C=C\CCCCCCCC(=O)OCC(COC(=O)CCCCCCCCCCCCCCCCC)OC(=O)CCC/C=C\C/C=C\C/C=C\C/C=C\C/C=C\CC. The minimum Gasteiger partial charge on any atom is -0.462 e. The third-order valence-corrected chi connectivity index (χ3v) is 12.8. The van der Waals surface area contributed by atoms with Crippen LogP contribution in [0, 0.1) is 0 Å². The van der Waals surface area contributed by atoms with Gasteiger partial charge in [-0.05, 0) is 116 Å². The summed E-state index contributed by atoms with van der Waals surface area (Å²) in [6.07, 6.45) is 91.4. The molecule has 6 heteroatoms. The van der Waals surface area contributed by atoms with Crippen LogP contribution in [-0.4, -0.2) is 37.2 Å². The maximum absolute atomic E-state index is 12.9. The molecule has 0 amide bonds. The molecule has 0 aromatic carbocycles. The van der Waals surface area contributed by atoms with Gasteiger partial charge in [-0.25, -0.2) is 0 Å². The standard InChI is InChI=1S/C71H114O6/c1-4-7-10-13-16-19-22-25-28-30-31-32-33-34-35-36-37-38-39-41-43-46-49-52-55-58-61-64-70(73)76-67-68(66-75-69(72)63-60-57-54-51-48-45-42-27-24-21-18-15-12-9-6-3)77-71(74)65-62-59-56-53-50-47-44-40-29-26-23-20-17-14-11-8-5-2/h7-8,10-11,16-17,19-20,25-26,28-29,31-32,34-35,37-38,41,43-44,47,53,56,68H,4-6,9,12-15,18,21-24,27,30,33,36,39-40,42,45-46,48-52,54-55,57-67H2,1-3H3/b10-7-,11-8-,19-16-,20-17-,28-25-,29-26-,32-31-,35-34-,38-37-,43-41-,47-44-,56-53-. The summed E-state index contributed by atoms with van der Waals surface area (Å²) in [5.74, 6) is -0.989. The van der Waals surface area contributed by atoms with Gasteiger partial charge < -0.3 is 14.2 Å². The number of rotatable bonds is 55. The Morgan fingerprint density at radius 3 is 0.831 bits per heavy atom. The molecule has 0 fully saturated rings. The fourth-order valence-corrected chi connectivity index (χ4v) is 8.22. The lowest BCUT2D eigenvalue weighted by molar-refractivity contribution is -0.167. The van der Waals surface area contributed by atoms with Crippen molar-refractivity contribution in [3.63, 3.8) is 0 Å². The first kappa shape index (κ1) is 72.3. The Kier molecular flexibility index (Phi) is 59.9. The van der Waals surface area contributed by atoms with E-state index in [1.165, 1.54) is 77.0 Å². The lowest BCUT2D eigenvalue weighted by atomic mass is 10.0. The summed E-state index contributed by atoms with van der Waals surface area (Å²) in [4.78, 5) is 38.3. The second kappa shape index (κ2) is 63.8. The van der Waals surface area contributed by atoms with Crippen LogP contribution in [0.1, 0.15) is 265 Å². The van der Waals surface area contributed by atoms with Gasteiger partial charge >= 0.3 is 17.9 Å². The van der Waals surface area contributed by atoms with Gasteiger partial charge in [0.15, 0.2) is 6.10 Å². The zero-order valence-corrected chi connectivity index (χ0v) is 49.7. The van der Waals surface area contributed by atoms with E-state index in [0.717, 1.165) is 141 Å². The Morgan fingerprint density at radius 1 is 0.273 bits per heavy atom. The van der Waals surface area contributed by atoms with E-state index in [2.05, 4.69) is 167 Å². The summed E-state index contributed by atoms with van der Waals surface area (Å²) in [5.41, 5.74) is 0. The van der Waals surface area contributed by atoms with Crippen LogP contribution in [0.3, 0.4) is 0 Å². The number of ether oxygens (including phenoxy) is 3. The summed E-state index contributed by atoms with van der Waals surface area (Å²) in [6, 6.07) is 0. The normalized spacial score (nSPS) is 13.1. The zero-order valence-electron chi connectivity index (χ0n) is 49.7. The van der Waals surface area contributed by atoms with Crippen molar-refractivity contribution in [2.45, 2.75) is 271 Å². The minimum atomic E-state index is -0.822. The van der Waals surface area contributed by atoms with Crippen molar-refractivity contribution in [2.24, 2.45) is 0 Å². The number of esters is 3. The van der Waals surface area contributed by atoms with Crippen molar-refractivity contribution in [2.75, 3.05) is 13.2 Å². The topological polar surface area (TPSA) is 78.9 Å². The predicted octanol–water partition coefficient (Wildman–Crippen LogP) is 21.5. The summed E-state index contributed by atoms with van der Waals surface area (Å²) < 4.78 is 16.8. The average molecular weight is 1060 g/mol. The van der Waals surface area contributed by atoms with Crippen LogP contribution in [0.5, 0.6) is 0 Å². The largest absolute Gasteiger partial charge is 0.462 e. The molecule has 0 saturated heterocycles. The van der Waals surface area contributed by atoms with Crippen molar-refractivity contribution in [1.29, 1.82) is 0 Å². The summed E-state index contributed by atoms with van der Waals surface area (Å²) in [6.45, 7) is 6.35. The van der Waals surface area contributed by atoms with E-state index >= 15 is 0 Å². The molecule has 1 unspecified atom stereocenters. The van der Waals surface area contributed by atoms with Gasteiger partial charge in [0, 0.05) is 19.3 Å². The van der Waals surface area contributed by atoms with Crippen molar-refractivity contribution >= 4 is 17.9 Å². The number of unbranched alkanes of at least 4 members (excludes halogenated alkanes) is 20. The van der Waals surface area contributed by atoms with E-state index in [-0.39, 0.29) is 37.5 Å². The summed E-state index contributed by atoms with van der Waals surface area (Å²) >= 11 is 0. The highest BCUT2D eigenvalue weighted by Crippen LogP contribution is 2.15. The molecule has 0 radical (unpaired) electrons. The molecule has 0 N–H and O–H groups in total. The maximum atomic E-state index is 12.9. The van der Waals surface area contributed by atoms with Crippen molar-refractivity contribution in [1.82, 2.24) is 0 Å². The second-order valence-electron chi connectivity index (χ2n) is 20.2. The lowest BCUT2D eigenvalue weighted by Gasteiger charge is -2.18. The number of allylic oxidation sites excluding steroid dienone is 24. The fourth-order valence-electron chi connectivity index (χ4n) is 8.22. The molecule has 0 aliphatic carbocycles. The first-order valence-electron chi connectivity index (χ1n) is 31.3. The fraction of sp³-hybridized carbons (Fsp3) is 0.620. The predicted molar refractivity (Wildman–Crippen MR) is 334 cm³/mol. The van der Waals surface area contributed by atoms with E-state index in [1.807, 2.05) is 0 Å². The molecule has 0 saturated carbocycles. The van der Waals surface area contributed by atoms with E-state index in [0.29, 0.717) is 19.3 Å². The molecule has 434 valence electrons. The first-order valence-corrected chi connectivity index (χ1v) is 31.3. The summed E-state index contributed by atoms with van der Waals surface area (Å²) in [5, 5.41) is 0. The van der Waals surface area contributed by atoms with E-state index in [1.54, 1.807) is 0 Å². The van der Waals surface area contributed by atoms with E-state index < -0.39 is 6.10 Å². The van der Waals surface area contributed by atoms with Gasteiger partial charge in [-0.3, -0.25) is 14.4 Å². The van der Waals surface area contributed by atoms with Gasteiger partial charge in [0.2, 0.25) is 0 Å². The van der Waals surface area contributed by atoms with Crippen LogP contribution in [0.2, 0.25) is 0 Å². The van der Waals surface area contributed by atoms with Gasteiger partial charge in [0.05, 0.1) is 0 Å². The molecule has 0 aromatic rings. The molecule has 0 aliphatic heterocycles. The second-order valence-corrected chi connectivity index (χ2v) is 20.2. The maximum Gasteiger partial charge on any atom is 0.306 e.